The molecule has 28 heavy (non-hydrogen) atoms. The van der Waals surface area contributed by atoms with Gasteiger partial charge in [0.2, 0.25) is 5.91 Å². The average Bonchev–Trinajstić information content (AvgIpc) is 2.93. The number of carbonyl (C=O) groups excluding carboxylic acids is 2. The molecule has 2 aliphatic rings. The van der Waals surface area contributed by atoms with Gasteiger partial charge in [0.1, 0.15) is 5.82 Å². The standard InChI is InChI=1S/C21H23FN4O2/c1-13-17-10-14(22)11-18(20(23)27)19(17)21(28)26(13)16-5-8-25(9-6-16)12-15-4-2-3-7-24-15/h2-4,7,10-11,13,16H,5-6,8-9,12H2,1H3,(H2,23,27). The van der Waals surface area contributed by atoms with E-state index in [1.807, 2.05) is 25.1 Å². The van der Waals surface area contributed by atoms with Gasteiger partial charge in [-0.05, 0) is 49.6 Å². The molecule has 1 aromatic carbocycles. The lowest BCUT2D eigenvalue weighted by Gasteiger charge is -2.38. The third-order valence-corrected chi connectivity index (χ3v) is 5.78. The van der Waals surface area contributed by atoms with Crippen LogP contribution < -0.4 is 5.73 Å². The summed E-state index contributed by atoms with van der Waals surface area (Å²) in [5.41, 5.74) is 7.20. The van der Waals surface area contributed by atoms with Crippen LogP contribution in [0, 0.1) is 5.82 Å². The summed E-state index contributed by atoms with van der Waals surface area (Å²) >= 11 is 0. The van der Waals surface area contributed by atoms with Gasteiger partial charge in [-0.3, -0.25) is 19.5 Å². The Bertz CT molecular complexity index is 910. The molecule has 0 bridgehead atoms. The monoisotopic (exact) mass is 382 g/mol. The van der Waals surface area contributed by atoms with Gasteiger partial charge in [-0.25, -0.2) is 4.39 Å². The number of likely N-dealkylation sites (tertiary alicyclic amines) is 1. The first-order valence-electron chi connectivity index (χ1n) is 9.54. The number of primary amides is 1. The topological polar surface area (TPSA) is 79.5 Å². The van der Waals surface area contributed by atoms with Gasteiger partial charge in [0, 0.05) is 31.9 Å². The zero-order valence-electron chi connectivity index (χ0n) is 15.8. The van der Waals surface area contributed by atoms with Gasteiger partial charge in [-0.2, -0.15) is 0 Å². The number of aromatic nitrogens is 1. The maximum absolute atomic E-state index is 14.0. The van der Waals surface area contributed by atoms with Crippen molar-refractivity contribution in [2.45, 2.75) is 38.4 Å². The SMILES string of the molecule is CC1c2cc(F)cc(C(N)=O)c2C(=O)N1C1CCN(Cc2ccccn2)CC1. The summed E-state index contributed by atoms with van der Waals surface area (Å²) in [7, 11) is 0. The number of hydrogen-bond donors (Lipinski definition) is 1. The molecular formula is C21H23FN4O2. The summed E-state index contributed by atoms with van der Waals surface area (Å²) in [6, 6.07) is 8.07. The highest BCUT2D eigenvalue weighted by Gasteiger charge is 2.41. The fourth-order valence-corrected chi connectivity index (χ4v) is 4.40. The second-order valence-electron chi connectivity index (χ2n) is 7.50. The maximum atomic E-state index is 14.0. The molecule has 146 valence electrons. The van der Waals surface area contributed by atoms with Gasteiger partial charge in [0.15, 0.2) is 0 Å². The summed E-state index contributed by atoms with van der Waals surface area (Å²) < 4.78 is 14.0. The Labute approximate surface area is 163 Å². The number of carbonyl (C=O) groups is 2. The molecule has 1 atom stereocenters. The fraction of sp³-hybridized carbons (Fsp3) is 0.381. The Morgan fingerprint density at radius 2 is 2.04 bits per heavy atom. The first-order chi connectivity index (χ1) is 13.5. The van der Waals surface area contributed by atoms with Crippen LogP contribution in [0.3, 0.4) is 0 Å². The van der Waals surface area contributed by atoms with E-state index in [9.17, 15) is 14.0 Å². The Kier molecular flexibility index (Phi) is 4.85. The van der Waals surface area contributed by atoms with Crippen molar-refractivity contribution in [3.05, 3.63) is 64.7 Å². The highest BCUT2D eigenvalue weighted by atomic mass is 19.1. The summed E-state index contributed by atoms with van der Waals surface area (Å²) in [5, 5.41) is 0. The number of benzene rings is 1. The van der Waals surface area contributed by atoms with Crippen LogP contribution in [0.1, 0.15) is 57.8 Å². The van der Waals surface area contributed by atoms with Crippen LogP contribution >= 0.6 is 0 Å². The predicted octanol–water partition coefficient (Wildman–Crippen LogP) is 2.50. The number of pyridine rings is 1. The third kappa shape index (κ3) is 3.26. The molecule has 0 spiro atoms. The number of fused-ring (bicyclic) bond motifs is 1. The van der Waals surface area contributed by atoms with Crippen molar-refractivity contribution in [3.8, 4) is 0 Å². The molecule has 1 aromatic heterocycles. The van der Waals surface area contributed by atoms with E-state index in [2.05, 4.69) is 9.88 Å². The molecule has 2 N–H and O–H groups in total. The largest absolute Gasteiger partial charge is 0.366 e. The van der Waals surface area contributed by atoms with Crippen molar-refractivity contribution in [1.29, 1.82) is 0 Å². The number of nitrogens with two attached hydrogens (primary N) is 1. The van der Waals surface area contributed by atoms with Crippen molar-refractivity contribution in [2.75, 3.05) is 13.1 Å². The van der Waals surface area contributed by atoms with Crippen molar-refractivity contribution in [3.63, 3.8) is 0 Å². The zero-order chi connectivity index (χ0) is 19.8. The average molecular weight is 382 g/mol. The van der Waals surface area contributed by atoms with Gasteiger partial charge >= 0.3 is 0 Å². The van der Waals surface area contributed by atoms with Crippen LogP contribution in [0.25, 0.3) is 0 Å². The number of hydrogen-bond acceptors (Lipinski definition) is 4. The molecular weight excluding hydrogens is 359 g/mol. The van der Waals surface area contributed by atoms with E-state index in [0.717, 1.165) is 44.2 Å². The predicted molar refractivity (Wildman–Crippen MR) is 102 cm³/mol. The van der Waals surface area contributed by atoms with Crippen molar-refractivity contribution < 1.29 is 14.0 Å². The normalized spacial score (nSPS) is 20.4. The lowest BCUT2D eigenvalue weighted by Crippen LogP contribution is -2.45. The lowest BCUT2D eigenvalue weighted by atomic mass is 9.99. The van der Waals surface area contributed by atoms with Crippen LogP contribution in [0.4, 0.5) is 4.39 Å². The van der Waals surface area contributed by atoms with Gasteiger partial charge in [0.05, 0.1) is 22.9 Å². The van der Waals surface area contributed by atoms with Crippen LogP contribution in [-0.4, -0.2) is 45.7 Å². The van der Waals surface area contributed by atoms with Crippen LogP contribution in [0.5, 0.6) is 0 Å². The van der Waals surface area contributed by atoms with E-state index in [1.165, 1.54) is 6.07 Å². The zero-order valence-corrected chi connectivity index (χ0v) is 15.8. The first kappa shape index (κ1) is 18.6. The van der Waals surface area contributed by atoms with E-state index in [-0.39, 0.29) is 29.1 Å². The molecule has 2 amide bonds. The molecule has 1 fully saturated rings. The van der Waals surface area contributed by atoms with Crippen LogP contribution in [0.2, 0.25) is 0 Å². The Hall–Kier alpha value is -2.80. The molecule has 7 heteroatoms. The molecule has 1 saturated heterocycles. The van der Waals surface area contributed by atoms with E-state index in [0.29, 0.717) is 5.56 Å². The van der Waals surface area contributed by atoms with Gasteiger partial charge < -0.3 is 10.6 Å². The minimum absolute atomic E-state index is 0.0260. The van der Waals surface area contributed by atoms with Crippen molar-refractivity contribution in [2.24, 2.45) is 5.73 Å². The van der Waals surface area contributed by atoms with Crippen molar-refractivity contribution >= 4 is 11.8 Å². The molecule has 6 nitrogen and oxygen atoms in total. The minimum Gasteiger partial charge on any atom is -0.366 e. The number of nitrogens with zero attached hydrogens (tertiary/aromatic N) is 3. The molecule has 0 radical (unpaired) electrons. The molecule has 0 saturated carbocycles. The number of rotatable bonds is 4. The maximum Gasteiger partial charge on any atom is 0.255 e. The number of amides is 2. The second-order valence-corrected chi connectivity index (χ2v) is 7.50. The molecule has 3 heterocycles. The van der Waals surface area contributed by atoms with E-state index < -0.39 is 11.7 Å². The van der Waals surface area contributed by atoms with Gasteiger partial charge in [-0.15, -0.1) is 0 Å². The van der Waals surface area contributed by atoms with Crippen LogP contribution in [-0.2, 0) is 6.54 Å². The summed E-state index contributed by atoms with van der Waals surface area (Å²) in [6.07, 6.45) is 3.44. The quantitative estimate of drug-likeness (QED) is 0.881. The minimum atomic E-state index is -0.775. The van der Waals surface area contributed by atoms with Crippen LogP contribution in [0.15, 0.2) is 36.5 Å². The Balaban J connectivity index is 1.49. The highest BCUT2D eigenvalue weighted by molar-refractivity contribution is 6.09. The molecule has 0 aliphatic carbocycles. The molecule has 2 aromatic rings. The summed E-state index contributed by atoms with van der Waals surface area (Å²) in [5.74, 6) is -1.54. The highest BCUT2D eigenvalue weighted by Crippen LogP contribution is 2.39. The fourth-order valence-electron chi connectivity index (χ4n) is 4.40. The van der Waals surface area contributed by atoms with Gasteiger partial charge in [0.25, 0.3) is 5.91 Å². The number of halogens is 1. The third-order valence-electron chi connectivity index (χ3n) is 5.78. The summed E-state index contributed by atoms with van der Waals surface area (Å²) in [4.78, 5) is 33.3. The molecule has 1 unspecified atom stereocenters. The van der Waals surface area contributed by atoms with E-state index in [1.54, 1.807) is 11.1 Å². The number of piperidine rings is 1. The Morgan fingerprint density at radius 3 is 2.68 bits per heavy atom. The van der Waals surface area contributed by atoms with E-state index >= 15 is 0 Å². The smallest absolute Gasteiger partial charge is 0.255 e. The van der Waals surface area contributed by atoms with E-state index in [4.69, 9.17) is 5.73 Å². The molecule has 4 rings (SSSR count). The van der Waals surface area contributed by atoms with Gasteiger partial charge in [-0.1, -0.05) is 6.07 Å². The van der Waals surface area contributed by atoms with Crippen molar-refractivity contribution in [1.82, 2.24) is 14.8 Å². The lowest BCUT2D eigenvalue weighted by molar-refractivity contribution is 0.0509. The molecule has 2 aliphatic heterocycles. The second kappa shape index (κ2) is 7.31. The summed E-state index contributed by atoms with van der Waals surface area (Å²) in [6.45, 7) is 4.37. The Morgan fingerprint density at radius 1 is 1.29 bits per heavy atom. The first-order valence-corrected chi connectivity index (χ1v) is 9.54.